The summed E-state index contributed by atoms with van der Waals surface area (Å²) in [6.45, 7) is -0.420. The number of hydrogen-bond donors (Lipinski definition) is 0. The largest absolute Gasteiger partial charge is 0.293 e. The van der Waals surface area contributed by atoms with Gasteiger partial charge >= 0.3 is 0 Å². The van der Waals surface area contributed by atoms with Gasteiger partial charge in [0.05, 0.1) is 11.4 Å². The number of carbonyl (C=O) groups is 3. The molecule has 0 spiro atoms. The molecule has 1 aliphatic heterocycles. The Balaban J connectivity index is 1.76. The van der Waals surface area contributed by atoms with E-state index in [-0.39, 0.29) is 10.5 Å². The third-order valence-electron chi connectivity index (χ3n) is 3.51. The molecular weight excluding hydrogens is 348 g/mol. The molecule has 2 aromatic rings. The molecule has 0 unspecified atom stereocenters. The molecule has 0 saturated carbocycles. The van der Waals surface area contributed by atoms with E-state index in [9.17, 15) is 23.2 Å². The van der Waals surface area contributed by atoms with Crippen LogP contribution in [-0.4, -0.2) is 28.4 Å². The number of benzene rings is 2. The van der Waals surface area contributed by atoms with Crippen LogP contribution in [-0.2, 0) is 4.79 Å². The number of carbonyl (C=O) groups excluding carboxylic acids is 3. The summed E-state index contributed by atoms with van der Waals surface area (Å²) >= 11 is 0.713. The minimum atomic E-state index is -0.588. The van der Waals surface area contributed by atoms with Crippen molar-refractivity contribution >= 4 is 34.8 Å². The van der Waals surface area contributed by atoms with Crippen LogP contribution >= 0.6 is 11.8 Å². The number of thioether (sulfide) groups is 1. The number of halogens is 2. The minimum absolute atomic E-state index is 0.156. The second-order valence-electron chi connectivity index (χ2n) is 5.25. The summed E-state index contributed by atoms with van der Waals surface area (Å²) in [5.41, 5.74) is 0.778. The van der Waals surface area contributed by atoms with Crippen molar-refractivity contribution in [1.29, 1.82) is 0 Å². The summed E-state index contributed by atoms with van der Waals surface area (Å²) < 4.78 is 25.8. The molecule has 2 amide bonds. The van der Waals surface area contributed by atoms with Crippen LogP contribution < -0.4 is 0 Å². The fraction of sp³-hybridized carbons (Fsp3) is 0.0556. The molecule has 1 fully saturated rings. The maximum Gasteiger partial charge on any atom is 0.293 e. The molecular formula is C18H11F2NO3S. The van der Waals surface area contributed by atoms with E-state index in [0.29, 0.717) is 17.3 Å². The minimum Gasteiger partial charge on any atom is -0.292 e. The zero-order chi connectivity index (χ0) is 18.0. The van der Waals surface area contributed by atoms with E-state index >= 15 is 0 Å². The Morgan fingerprint density at radius 1 is 0.960 bits per heavy atom. The summed E-state index contributed by atoms with van der Waals surface area (Å²) in [6.07, 6.45) is 1.46. The lowest BCUT2D eigenvalue weighted by Crippen LogP contribution is -2.33. The predicted molar refractivity (Wildman–Crippen MR) is 89.8 cm³/mol. The Kier molecular flexibility index (Phi) is 4.76. The molecule has 1 heterocycles. The zero-order valence-electron chi connectivity index (χ0n) is 12.7. The first-order valence-electron chi connectivity index (χ1n) is 7.24. The predicted octanol–water partition coefficient (Wildman–Crippen LogP) is 3.88. The highest BCUT2D eigenvalue weighted by Gasteiger charge is 2.36. The van der Waals surface area contributed by atoms with Gasteiger partial charge in [0.2, 0.25) is 0 Å². The summed E-state index contributed by atoms with van der Waals surface area (Å²) in [6, 6.07) is 10.3. The lowest BCUT2D eigenvalue weighted by Gasteiger charge is -2.11. The van der Waals surface area contributed by atoms with Crippen molar-refractivity contribution in [3.8, 4) is 0 Å². The van der Waals surface area contributed by atoms with Crippen molar-refractivity contribution in [3.63, 3.8) is 0 Å². The van der Waals surface area contributed by atoms with Gasteiger partial charge in [-0.2, -0.15) is 0 Å². The van der Waals surface area contributed by atoms with Crippen LogP contribution in [0.25, 0.3) is 6.08 Å². The monoisotopic (exact) mass is 359 g/mol. The van der Waals surface area contributed by atoms with Gasteiger partial charge < -0.3 is 0 Å². The highest BCUT2D eigenvalue weighted by molar-refractivity contribution is 8.18. The molecule has 0 N–H and O–H groups in total. The van der Waals surface area contributed by atoms with Crippen LogP contribution in [0, 0.1) is 11.6 Å². The molecule has 25 heavy (non-hydrogen) atoms. The molecule has 0 aromatic heterocycles. The number of nitrogens with zero attached hydrogens (tertiary/aromatic N) is 1. The average Bonchev–Trinajstić information content (AvgIpc) is 2.85. The number of hydrogen-bond acceptors (Lipinski definition) is 4. The van der Waals surface area contributed by atoms with E-state index < -0.39 is 35.1 Å². The number of ketones is 1. The van der Waals surface area contributed by atoms with Gasteiger partial charge in [-0.05, 0) is 59.8 Å². The second-order valence-corrected chi connectivity index (χ2v) is 6.24. The van der Waals surface area contributed by atoms with Gasteiger partial charge in [-0.25, -0.2) is 8.78 Å². The van der Waals surface area contributed by atoms with E-state index in [1.54, 1.807) is 0 Å². The first-order valence-corrected chi connectivity index (χ1v) is 8.05. The quantitative estimate of drug-likeness (QED) is 0.614. The molecule has 1 aliphatic rings. The first kappa shape index (κ1) is 17.0. The number of Topliss-reactive ketones (excluding diaryl/α,β-unsaturated/α-hetero) is 1. The molecule has 3 rings (SSSR count). The summed E-state index contributed by atoms with van der Waals surface area (Å²) in [5, 5.41) is -0.561. The Morgan fingerprint density at radius 3 is 2.12 bits per heavy atom. The van der Waals surface area contributed by atoms with Crippen LogP contribution in [0.5, 0.6) is 0 Å². The maximum atomic E-state index is 12.9. The van der Waals surface area contributed by atoms with Crippen LogP contribution in [0.15, 0.2) is 53.4 Å². The highest BCUT2D eigenvalue weighted by Crippen LogP contribution is 2.32. The lowest BCUT2D eigenvalue weighted by atomic mass is 10.1. The summed E-state index contributed by atoms with van der Waals surface area (Å²) in [7, 11) is 0. The van der Waals surface area contributed by atoms with Crippen molar-refractivity contribution in [2.75, 3.05) is 6.54 Å². The molecule has 0 aliphatic carbocycles. The van der Waals surface area contributed by atoms with Crippen LogP contribution in [0.3, 0.4) is 0 Å². The third kappa shape index (κ3) is 3.83. The van der Waals surface area contributed by atoms with Gasteiger partial charge in [0.25, 0.3) is 11.1 Å². The van der Waals surface area contributed by atoms with E-state index in [0.717, 1.165) is 17.0 Å². The van der Waals surface area contributed by atoms with Gasteiger partial charge in [-0.3, -0.25) is 19.3 Å². The smallest absolute Gasteiger partial charge is 0.292 e. The Morgan fingerprint density at radius 2 is 1.52 bits per heavy atom. The topological polar surface area (TPSA) is 54.5 Å². The average molecular weight is 359 g/mol. The van der Waals surface area contributed by atoms with Gasteiger partial charge in [-0.1, -0.05) is 12.1 Å². The van der Waals surface area contributed by atoms with Crippen molar-refractivity contribution in [2.24, 2.45) is 0 Å². The molecule has 126 valence electrons. The third-order valence-corrected chi connectivity index (χ3v) is 4.42. The van der Waals surface area contributed by atoms with Gasteiger partial charge in [0, 0.05) is 5.56 Å². The Hall–Kier alpha value is -2.80. The number of rotatable bonds is 4. The molecule has 2 aromatic carbocycles. The SMILES string of the molecule is O=C(CN1C(=O)S/C(=C/c2ccc(F)cc2)C1=O)c1ccc(F)cc1. The zero-order valence-corrected chi connectivity index (χ0v) is 13.6. The molecule has 0 radical (unpaired) electrons. The number of amides is 2. The Labute approximate surface area is 146 Å². The maximum absolute atomic E-state index is 12.9. The van der Waals surface area contributed by atoms with Gasteiger partial charge in [0.15, 0.2) is 5.78 Å². The van der Waals surface area contributed by atoms with Gasteiger partial charge in [0.1, 0.15) is 11.6 Å². The first-order chi connectivity index (χ1) is 11.9. The van der Waals surface area contributed by atoms with Crippen molar-refractivity contribution in [1.82, 2.24) is 4.90 Å². The van der Waals surface area contributed by atoms with Crippen LogP contribution in [0.2, 0.25) is 0 Å². The summed E-state index contributed by atoms with van der Waals surface area (Å²) in [4.78, 5) is 37.5. The fourth-order valence-electron chi connectivity index (χ4n) is 2.22. The number of imide groups is 1. The normalized spacial score (nSPS) is 15.9. The molecule has 0 atom stereocenters. The van der Waals surface area contributed by atoms with Crippen LogP contribution in [0.4, 0.5) is 13.6 Å². The van der Waals surface area contributed by atoms with E-state index in [1.165, 1.54) is 42.5 Å². The standard InChI is InChI=1S/C18H11F2NO3S/c19-13-5-1-11(2-6-13)9-16-17(23)21(18(24)25-16)10-15(22)12-3-7-14(20)8-4-12/h1-9H,10H2/b16-9+. The summed E-state index contributed by atoms with van der Waals surface area (Å²) in [5.74, 6) is -1.94. The molecule has 0 bridgehead atoms. The highest BCUT2D eigenvalue weighted by atomic mass is 32.2. The second kappa shape index (κ2) is 6.98. The molecule has 1 saturated heterocycles. The van der Waals surface area contributed by atoms with E-state index in [1.807, 2.05) is 0 Å². The molecule has 4 nitrogen and oxygen atoms in total. The van der Waals surface area contributed by atoms with E-state index in [4.69, 9.17) is 0 Å². The van der Waals surface area contributed by atoms with Crippen molar-refractivity contribution in [3.05, 3.63) is 76.2 Å². The van der Waals surface area contributed by atoms with Crippen molar-refractivity contribution in [2.45, 2.75) is 0 Å². The molecule has 7 heteroatoms. The van der Waals surface area contributed by atoms with Crippen LogP contribution in [0.1, 0.15) is 15.9 Å². The van der Waals surface area contributed by atoms with Gasteiger partial charge in [-0.15, -0.1) is 0 Å². The van der Waals surface area contributed by atoms with E-state index in [2.05, 4.69) is 0 Å². The van der Waals surface area contributed by atoms with Crippen molar-refractivity contribution < 1.29 is 23.2 Å². The fourth-order valence-corrected chi connectivity index (χ4v) is 3.06. The Bertz CT molecular complexity index is 876. The lowest BCUT2D eigenvalue weighted by molar-refractivity contribution is -0.122.